The van der Waals surface area contributed by atoms with Crippen LogP contribution in [0.5, 0.6) is 0 Å². The van der Waals surface area contributed by atoms with E-state index in [1.54, 1.807) is 0 Å². The number of rotatable bonds is 3. The molecule has 1 aliphatic heterocycles. The Hall–Kier alpha value is -2.48. The number of aliphatic carboxylic acids is 1. The number of carboxylic acid groups (broad SMARTS) is 1. The maximum atomic E-state index is 11.9. The highest BCUT2D eigenvalue weighted by Crippen LogP contribution is 2.12. The first-order valence-electron chi connectivity index (χ1n) is 5.22. The molecular weight excluding hydrogens is 270 g/mol. The summed E-state index contributed by atoms with van der Waals surface area (Å²) in [5.74, 6) is -1.67. The number of nitrogens with zero attached hydrogens (tertiary/aromatic N) is 1. The molecule has 0 saturated carbocycles. The van der Waals surface area contributed by atoms with Crippen LogP contribution in [0.1, 0.15) is 5.56 Å². The summed E-state index contributed by atoms with van der Waals surface area (Å²) in [6, 6.07) is 2.85. The van der Waals surface area contributed by atoms with Gasteiger partial charge in [0.2, 0.25) is 5.56 Å². The molecule has 1 amide bonds. The molecule has 1 saturated heterocycles. The SMILES string of the molecule is O=C(O)CN1C(=O)/C(=C\c2ccc(=O)[nH]c2)NC1=S. The van der Waals surface area contributed by atoms with Crippen molar-refractivity contribution in [3.05, 3.63) is 39.9 Å². The van der Waals surface area contributed by atoms with Gasteiger partial charge in [0.15, 0.2) is 5.11 Å². The maximum absolute atomic E-state index is 11.9. The summed E-state index contributed by atoms with van der Waals surface area (Å²) in [7, 11) is 0. The van der Waals surface area contributed by atoms with Gasteiger partial charge in [0.1, 0.15) is 12.2 Å². The molecule has 0 radical (unpaired) electrons. The molecule has 8 heteroatoms. The van der Waals surface area contributed by atoms with Gasteiger partial charge in [0, 0.05) is 12.3 Å². The van der Waals surface area contributed by atoms with Gasteiger partial charge in [-0.3, -0.25) is 19.3 Å². The molecule has 19 heavy (non-hydrogen) atoms. The topological polar surface area (TPSA) is 102 Å². The Labute approximate surface area is 112 Å². The van der Waals surface area contributed by atoms with Crippen LogP contribution >= 0.6 is 12.2 Å². The minimum atomic E-state index is -1.15. The van der Waals surface area contributed by atoms with Crippen LogP contribution in [-0.2, 0) is 9.59 Å². The average molecular weight is 279 g/mol. The molecular formula is C11H9N3O4S. The van der Waals surface area contributed by atoms with Gasteiger partial charge in [-0.05, 0) is 29.9 Å². The van der Waals surface area contributed by atoms with Crippen molar-refractivity contribution in [2.75, 3.05) is 6.54 Å². The Balaban J connectivity index is 2.25. The zero-order valence-corrected chi connectivity index (χ0v) is 10.4. The molecule has 2 rings (SSSR count). The van der Waals surface area contributed by atoms with Crippen LogP contribution in [0.15, 0.2) is 28.8 Å². The number of thiocarbonyl (C=S) groups is 1. The number of amides is 1. The third kappa shape index (κ3) is 2.86. The number of carbonyl (C=O) groups is 2. The van der Waals surface area contributed by atoms with E-state index in [-0.39, 0.29) is 16.4 Å². The Morgan fingerprint density at radius 1 is 1.42 bits per heavy atom. The highest BCUT2D eigenvalue weighted by molar-refractivity contribution is 7.80. The van der Waals surface area contributed by atoms with E-state index in [1.807, 2.05) is 0 Å². The van der Waals surface area contributed by atoms with E-state index in [2.05, 4.69) is 10.3 Å². The molecule has 7 nitrogen and oxygen atoms in total. The smallest absolute Gasteiger partial charge is 0.323 e. The van der Waals surface area contributed by atoms with E-state index >= 15 is 0 Å². The highest BCUT2D eigenvalue weighted by Gasteiger charge is 2.31. The lowest BCUT2D eigenvalue weighted by atomic mass is 10.2. The Kier molecular flexibility index (Phi) is 3.43. The summed E-state index contributed by atoms with van der Waals surface area (Å²) in [6.45, 7) is -0.492. The van der Waals surface area contributed by atoms with Gasteiger partial charge in [-0.15, -0.1) is 0 Å². The summed E-state index contributed by atoms with van der Waals surface area (Å²) in [6.07, 6.45) is 2.92. The molecule has 0 bridgehead atoms. The predicted octanol–water partition coefficient (Wildman–Crippen LogP) is -0.483. The van der Waals surface area contributed by atoms with E-state index in [0.29, 0.717) is 5.56 Å². The quantitative estimate of drug-likeness (QED) is 0.510. The molecule has 3 N–H and O–H groups in total. The summed E-state index contributed by atoms with van der Waals surface area (Å²) in [5, 5.41) is 11.4. The Bertz CT molecular complexity index is 629. The zero-order valence-electron chi connectivity index (χ0n) is 9.54. The van der Waals surface area contributed by atoms with E-state index in [0.717, 1.165) is 4.90 Å². The van der Waals surface area contributed by atoms with Crippen molar-refractivity contribution < 1.29 is 14.7 Å². The van der Waals surface area contributed by atoms with Crippen LogP contribution < -0.4 is 10.9 Å². The summed E-state index contributed by atoms with van der Waals surface area (Å²) in [5.41, 5.74) is 0.504. The zero-order chi connectivity index (χ0) is 14.0. The fourth-order valence-electron chi connectivity index (χ4n) is 1.53. The first-order chi connectivity index (χ1) is 8.97. The van der Waals surface area contributed by atoms with Gasteiger partial charge in [0.25, 0.3) is 5.91 Å². The van der Waals surface area contributed by atoms with Crippen molar-refractivity contribution in [3.63, 3.8) is 0 Å². The lowest BCUT2D eigenvalue weighted by molar-refractivity contribution is -0.140. The van der Waals surface area contributed by atoms with Crippen LogP contribution in [0.4, 0.5) is 0 Å². The second-order valence-corrected chi connectivity index (χ2v) is 4.15. The summed E-state index contributed by atoms with van der Waals surface area (Å²) < 4.78 is 0. The van der Waals surface area contributed by atoms with Gasteiger partial charge in [0.05, 0.1) is 0 Å². The van der Waals surface area contributed by atoms with Gasteiger partial charge in [-0.1, -0.05) is 0 Å². The molecule has 0 aliphatic carbocycles. The lowest BCUT2D eigenvalue weighted by Gasteiger charge is -2.09. The lowest BCUT2D eigenvalue weighted by Crippen LogP contribution is -2.35. The van der Waals surface area contributed by atoms with Crippen molar-refractivity contribution in [2.24, 2.45) is 0 Å². The molecule has 98 valence electrons. The number of hydrogen-bond donors (Lipinski definition) is 3. The average Bonchev–Trinajstić information content (AvgIpc) is 2.60. The first kappa shape index (κ1) is 13.0. The normalized spacial score (nSPS) is 16.8. The van der Waals surface area contributed by atoms with Gasteiger partial charge < -0.3 is 15.4 Å². The number of carbonyl (C=O) groups excluding carboxylic acids is 1. The monoisotopic (exact) mass is 279 g/mol. The van der Waals surface area contributed by atoms with Crippen molar-refractivity contribution in [1.29, 1.82) is 0 Å². The Morgan fingerprint density at radius 2 is 2.16 bits per heavy atom. The molecule has 1 fully saturated rings. The van der Waals surface area contributed by atoms with Gasteiger partial charge >= 0.3 is 5.97 Å². The molecule has 1 aliphatic rings. The number of pyridine rings is 1. The maximum Gasteiger partial charge on any atom is 0.323 e. The summed E-state index contributed by atoms with van der Waals surface area (Å²) in [4.78, 5) is 36.8. The van der Waals surface area contributed by atoms with E-state index < -0.39 is 18.4 Å². The second kappa shape index (κ2) is 5.02. The molecule has 0 spiro atoms. The molecule has 0 aromatic carbocycles. The van der Waals surface area contributed by atoms with Crippen molar-refractivity contribution in [3.8, 4) is 0 Å². The number of aromatic amines is 1. The first-order valence-corrected chi connectivity index (χ1v) is 5.63. The number of nitrogens with one attached hydrogen (secondary N) is 2. The third-order valence-electron chi connectivity index (χ3n) is 2.37. The molecule has 0 unspecified atom stereocenters. The van der Waals surface area contributed by atoms with Crippen LogP contribution in [0.3, 0.4) is 0 Å². The number of carboxylic acids is 1. The van der Waals surface area contributed by atoms with Gasteiger partial charge in [-0.2, -0.15) is 0 Å². The van der Waals surface area contributed by atoms with Crippen LogP contribution in [0.25, 0.3) is 6.08 Å². The fourth-order valence-corrected chi connectivity index (χ4v) is 1.79. The fraction of sp³-hybridized carbons (Fsp3) is 0.0909. The molecule has 0 atom stereocenters. The van der Waals surface area contributed by atoms with Crippen molar-refractivity contribution in [2.45, 2.75) is 0 Å². The van der Waals surface area contributed by atoms with Crippen LogP contribution in [0.2, 0.25) is 0 Å². The minimum absolute atomic E-state index is 0.0445. The minimum Gasteiger partial charge on any atom is -0.480 e. The van der Waals surface area contributed by atoms with E-state index in [1.165, 1.54) is 24.4 Å². The molecule has 1 aromatic heterocycles. The van der Waals surface area contributed by atoms with Crippen LogP contribution in [0, 0.1) is 0 Å². The van der Waals surface area contributed by atoms with E-state index in [9.17, 15) is 14.4 Å². The predicted molar refractivity (Wildman–Crippen MR) is 70.1 cm³/mol. The van der Waals surface area contributed by atoms with E-state index in [4.69, 9.17) is 17.3 Å². The summed E-state index contributed by atoms with van der Waals surface area (Å²) >= 11 is 4.88. The highest BCUT2D eigenvalue weighted by atomic mass is 32.1. The Morgan fingerprint density at radius 3 is 2.74 bits per heavy atom. The van der Waals surface area contributed by atoms with Crippen molar-refractivity contribution in [1.82, 2.24) is 15.2 Å². The molecule has 2 heterocycles. The number of hydrogen-bond acceptors (Lipinski definition) is 4. The van der Waals surface area contributed by atoms with Crippen molar-refractivity contribution >= 4 is 35.3 Å². The standard InChI is InChI=1S/C11H9N3O4S/c15-8-2-1-6(4-12-8)3-7-10(18)14(5-9(16)17)11(19)13-7/h1-4H,5H2,(H,12,15)(H,13,19)(H,16,17)/b7-3+. The third-order valence-corrected chi connectivity index (χ3v) is 2.70. The molecule has 1 aromatic rings. The van der Waals surface area contributed by atoms with Gasteiger partial charge in [-0.25, -0.2) is 0 Å². The number of H-pyrrole nitrogens is 1. The number of aromatic nitrogens is 1. The van der Waals surface area contributed by atoms with Crippen LogP contribution in [-0.4, -0.2) is 38.5 Å². The second-order valence-electron chi connectivity index (χ2n) is 3.76. The largest absolute Gasteiger partial charge is 0.480 e.